The summed E-state index contributed by atoms with van der Waals surface area (Å²) < 4.78 is 0. The number of unbranched alkanes of at least 4 members (excludes halogenated alkanes) is 1. The Morgan fingerprint density at radius 2 is 2.09 bits per heavy atom. The molecule has 23 heavy (non-hydrogen) atoms. The summed E-state index contributed by atoms with van der Waals surface area (Å²) in [7, 11) is 3.97. The van der Waals surface area contributed by atoms with Gasteiger partial charge in [0.15, 0.2) is 5.96 Å². The minimum Gasteiger partial charge on any atom is -0.356 e. The Balaban J connectivity index is 0.00000264. The Bertz CT molecular complexity index is 463. The second kappa shape index (κ2) is 11.2. The smallest absolute Gasteiger partial charge is 0.193 e. The van der Waals surface area contributed by atoms with Crippen molar-refractivity contribution in [3.05, 3.63) is 15.6 Å². The fourth-order valence-electron chi connectivity index (χ4n) is 2.84. The number of aliphatic imine (C=N–C) groups is 1. The van der Waals surface area contributed by atoms with Crippen LogP contribution in [-0.4, -0.2) is 43.0 Å². The van der Waals surface area contributed by atoms with Crippen LogP contribution >= 0.6 is 35.3 Å². The lowest BCUT2D eigenvalue weighted by molar-refractivity contribution is 0.464. The molecular formula is C17H31IN4S. The van der Waals surface area contributed by atoms with Crippen molar-refractivity contribution in [2.75, 3.05) is 27.2 Å². The molecule has 0 amide bonds. The van der Waals surface area contributed by atoms with Crippen molar-refractivity contribution in [1.29, 1.82) is 0 Å². The molecule has 1 aliphatic rings. The summed E-state index contributed by atoms with van der Waals surface area (Å²) in [5.41, 5.74) is 1.38. The van der Waals surface area contributed by atoms with Gasteiger partial charge >= 0.3 is 0 Å². The van der Waals surface area contributed by atoms with Crippen molar-refractivity contribution in [2.24, 2.45) is 4.99 Å². The number of fused-ring (bicyclic) bond motifs is 1. The zero-order chi connectivity index (χ0) is 15.8. The van der Waals surface area contributed by atoms with Crippen molar-refractivity contribution < 1.29 is 0 Å². The maximum Gasteiger partial charge on any atom is 0.193 e. The second-order valence-electron chi connectivity index (χ2n) is 6.04. The first-order chi connectivity index (χ1) is 10.7. The van der Waals surface area contributed by atoms with Gasteiger partial charge in [0, 0.05) is 38.5 Å². The molecule has 0 radical (unpaired) electrons. The molecule has 1 aliphatic carbocycles. The van der Waals surface area contributed by atoms with Crippen LogP contribution in [-0.2, 0) is 19.3 Å². The number of guanidine groups is 1. The predicted octanol–water partition coefficient (Wildman–Crippen LogP) is 3.88. The highest BCUT2D eigenvalue weighted by Crippen LogP contribution is 2.27. The van der Waals surface area contributed by atoms with E-state index in [1.54, 1.807) is 4.88 Å². The molecule has 6 heteroatoms. The zero-order valence-electron chi connectivity index (χ0n) is 14.7. The monoisotopic (exact) mass is 450 g/mol. The molecule has 1 N–H and O–H groups in total. The molecule has 4 nitrogen and oxygen atoms in total. The SMILES string of the molecule is CCCCN(C)C(=NC)NCCCc1nc2c(s1)CCCC2.I. The van der Waals surface area contributed by atoms with E-state index in [1.165, 1.54) is 49.2 Å². The average molecular weight is 450 g/mol. The van der Waals surface area contributed by atoms with Gasteiger partial charge in [0.1, 0.15) is 0 Å². The average Bonchev–Trinajstić information content (AvgIpc) is 2.95. The first-order valence-corrected chi connectivity index (χ1v) is 9.45. The van der Waals surface area contributed by atoms with Gasteiger partial charge in [0.05, 0.1) is 10.7 Å². The summed E-state index contributed by atoms with van der Waals surface area (Å²) in [6.45, 7) is 4.25. The van der Waals surface area contributed by atoms with Crippen molar-refractivity contribution >= 4 is 41.3 Å². The number of nitrogens with zero attached hydrogens (tertiary/aromatic N) is 3. The standard InChI is InChI=1S/C17H30N4S.HI/c1-4-5-13-21(3)17(18-2)19-12-8-11-16-20-14-9-6-7-10-15(14)22-16;/h4-13H2,1-3H3,(H,18,19);1H. The van der Waals surface area contributed by atoms with Crippen LogP contribution in [0.1, 0.15) is 54.6 Å². The van der Waals surface area contributed by atoms with Crippen LogP contribution in [0.2, 0.25) is 0 Å². The number of halogens is 1. The van der Waals surface area contributed by atoms with Gasteiger partial charge in [-0.25, -0.2) is 4.98 Å². The molecule has 0 saturated heterocycles. The number of aryl methyl sites for hydroxylation is 3. The molecule has 0 spiro atoms. The molecule has 1 heterocycles. The van der Waals surface area contributed by atoms with Crippen LogP contribution in [0.25, 0.3) is 0 Å². The Labute approximate surface area is 162 Å². The Hall–Kier alpha value is -0.370. The Morgan fingerprint density at radius 1 is 1.30 bits per heavy atom. The maximum atomic E-state index is 4.81. The van der Waals surface area contributed by atoms with Gasteiger partial charge in [-0.1, -0.05) is 13.3 Å². The predicted molar refractivity (Wildman–Crippen MR) is 111 cm³/mol. The number of rotatable bonds is 7. The second-order valence-corrected chi connectivity index (χ2v) is 7.21. The molecule has 0 aliphatic heterocycles. The summed E-state index contributed by atoms with van der Waals surface area (Å²) in [4.78, 5) is 12.9. The lowest BCUT2D eigenvalue weighted by Crippen LogP contribution is -2.39. The molecule has 0 aromatic carbocycles. The summed E-state index contributed by atoms with van der Waals surface area (Å²) in [5, 5.41) is 4.79. The number of thiazole rings is 1. The fourth-order valence-corrected chi connectivity index (χ4v) is 4.04. The van der Waals surface area contributed by atoms with Crippen LogP contribution in [0.3, 0.4) is 0 Å². The van der Waals surface area contributed by atoms with E-state index in [0.717, 1.165) is 31.9 Å². The number of aromatic nitrogens is 1. The Kier molecular flexibility index (Phi) is 10.1. The first-order valence-electron chi connectivity index (χ1n) is 8.63. The summed E-state index contributed by atoms with van der Waals surface area (Å²) >= 11 is 1.94. The maximum absolute atomic E-state index is 4.81. The normalized spacial score (nSPS) is 14.1. The molecule has 2 rings (SSSR count). The summed E-state index contributed by atoms with van der Waals surface area (Å²) in [6, 6.07) is 0. The van der Waals surface area contributed by atoms with Crippen LogP contribution in [0.15, 0.2) is 4.99 Å². The van der Waals surface area contributed by atoms with Gasteiger partial charge in [-0.05, 0) is 38.5 Å². The lowest BCUT2D eigenvalue weighted by Gasteiger charge is -2.21. The molecule has 132 valence electrons. The lowest BCUT2D eigenvalue weighted by atomic mass is 10.0. The molecule has 0 unspecified atom stereocenters. The van der Waals surface area contributed by atoms with Gasteiger partial charge in [-0.3, -0.25) is 4.99 Å². The largest absolute Gasteiger partial charge is 0.356 e. The fraction of sp³-hybridized carbons (Fsp3) is 0.765. The third-order valence-electron chi connectivity index (χ3n) is 4.16. The van der Waals surface area contributed by atoms with E-state index in [9.17, 15) is 0 Å². The third kappa shape index (κ3) is 6.57. The van der Waals surface area contributed by atoms with E-state index in [-0.39, 0.29) is 24.0 Å². The highest BCUT2D eigenvalue weighted by Gasteiger charge is 2.14. The van der Waals surface area contributed by atoms with E-state index >= 15 is 0 Å². The summed E-state index contributed by atoms with van der Waals surface area (Å²) in [6.07, 6.45) is 9.74. The molecule has 0 atom stereocenters. The van der Waals surface area contributed by atoms with Crippen LogP contribution in [0.4, 0.5) is 0 Å². The quantitative estimate of drug-likeness (QED) is 0.297. The van der Waals surface area contributed by atoms with Gasteiger partial charge in [-0.15, -0.1) is 35.3 Å². The minimum atomic E-state index is 0. The first kappa shape index (κ1) is 20.7. The highest BCUT2D eigenvalue weighted by atomic mass is 127. The van der Waals surface area contributed by atoms with Gasteiger partial charge in [-0.2, -0.15) is 0 Å². The molecule has 0 fully saturated rings. The van der Waals surface area contributed by atoms with E-state index in [2.05, 4.69) is 29.2 Å². The number of hydrogen-bond acceptors (Lipinski definition) is 3. The van der Waals surface area contributed by atoms with E-state index in [4.69, 9.17) is 4.98 Å². The molecular weight excluding hydrogens is 419 g/mol. The van der Waals surface area contributed by atoms with Gasteiger partial charge in [0.25, 0.3) is 0 Å². The summed E-state index contributed by atoms with van der Waals surface area (Å²) in [5.74, 6) is 1.01. The van der Waals surface area contributed by atoms with E-state index in [1.807, 2.05) is 18.4 Å². The Morgan fingerprint density at radius 3 is 2.78 bits per heavy atom. The molecule has 1 aromatic heterocycles. The zero-order valence-corrected chi connectivity index (χ0v) is 17.9. The van der Waals surface area contributed by atoms with Crippen molar-refractivity contribution in [1.82, 2.24) is 15.2 Å². The van der Waals surface area contributed by atoms with Crippen LogP contribution in [0, 0.1) is 0 Å². The van der Waals surface area contributed by atoms with Crippen molar-refractivity contribution in [2.45, 2.75) is 58.3 Å². The van der Waals surface area contributed by atoms with Crippen molar-refractivity contribution in [3.8, 4) is 0 Å². The van der Waals surface area contributed by atoms with Crippen LogP contribution in [0.5, 0.6) is 0 Å². The third-order valence-corrected chi connectivity index (χ3v) is 5.38. The van der Waals surface area contributed by atoms with Crippen LogP contribution < -0.4 is 5.32 Å². The van der Waals surface area contributed by atoms with E-state index in [0.29, 0.717) is 0 Å². The number of nitrogens with one attached hydrogen (secondary N) is 1. The molecule has 0 bridgehead atoms. The van der Waals surface area contributed by atoms with Crippen molar-refractivity contribution in [3.63, 3.8) is 0 Å². The highest BCUT2D eigenvalue weighted by molar-refractivity contribution is 14.0. The van der Waals surface area contributed by atoms with Gasteiger partial charge < -0.3 is 10.2 Å². The molecule has 0 saturated carbocycles. The van der Waals surface area contributed by atoms with Gasteiger partial charge in [0.2, 0.25) is 0 Å². The topological polar surface area (TPSA) is 40.5 Å². The molecule has 1 aromatic rings. The van der Waals surface area contributed by atoms with E-state index < -0.39 is 0 Å². The number of hydrogen-bond donors (Lipinski definition) is 1. The minimum absolute atomic E-state index is 0.